The van der Waals surface area contributed by atoms with Gasteiger partial charge in [-0.15, -0.1) is 6.58 Å². The Morgan fingerprint density at radius 3 is 2.95 bits per heavy atom. The molecule has 1 heterocycles. The van der Waals surface area contributed by atoms with E-state index in [1.54, 1.807) is 13.2 Å². The number of methoxy groups -OCH3 is 1. The van der Waals surface area contributed by atoms with E-state index < -0.39 is 6.10 Å². The molecule has 2 atom stereocenters. The molecular formula is C17H25NO3. The largest absolute Gasteiger partial charge is 0.493 e. The molecule has 0 fully saturated rings. The lowest BCUT2D eigenvalue weighted by molar-refractivity contribution is 0.134. The molecule has 4 heteroatoms. The van der Waals surface area contributed by atoms with E-state index in [1.165, 1.54) is 11.1 Å². The highest BCUT2D eigenvalue weighted by Crippen LogP contribution is 2.41. The summed E-state index contributed by atoms with van der Waals surface area (Å²) in [7, 11) is 3.76. The molecule has 1 N–H and O–H groups in total. The van der Waals surface area contributed by atoms with E-state index in [2.05, 4.69) is 31.5 Å². The topological polar surface area (TPSA) is 41.9 Å². The summed E-state index contributed by atoms with van der Waals surface area (Å²) in [6.07, 6.45) is 2.37. The van der Waals surface area contributed by atoms with Crippen molar-refractivity contribution >= 4 is 0 Å². The van der Waals surface area contributed by atoms with E-state index in [0.717, 1.165) is 31.0 Å². The average molecular weight is 291 g/mol. The van der Waals surface area contributed by atoms with Gasteiger partial charge in [0.15, 0.2) is 11.5 Å². The highest BCUT2D eigenvalue weighted by Gasteiger charge is 2.29. The van der Waals surface area contributed by atoms with Crippen LogP contribution in [-0.2, 0) is 13.0 Å². The summed E-state index contributed by atoms with van der Waals surface area (Å²) in [6, 6.07) is 4.07. The molecule has 21 heavy (non-hydrogen) atoms. The zero-order chi connectivity index (χ0) is 15.4. The number of benzene rings is 1. The average Bonchev–Trinajstić information content (AvgIpc) is 2.91. The zero-order valence-electron chi connectivity index (χ0n) is 13.1. The summed E-state index contributed by atoms with van der Waals surface area (Å²) in [5.41, 5.74) is 2.47. The maximum Gasteiger partial charge on any atom is 0.165 e. The molecule has 0 amide bonds. The number of aliphatic hydroxyl groups is 1. The van der Waals surface area contributed by atoms with Gasteiger partial charge >= 0.3 is 0 Å². The maximum absolute atomic E-state index is 9.74. The number of rotatable bonds is 7. The Kier molecular flexibility index (Phi) is 5.26. The Hall–Kier alpha value is -1.52. The second-order valence-electron chi connectivity index (χ2n) is 5.55. The van der Waals surface area contributed by atoms with Crippen molar-refractivity contribution in [2.45, 2.75) is 38.5 Å². The predicted molar refractivity (Wildman–Crippen MR) is 83.9 cm³/mol. The van der Waals surface area contributed by atoms with E-state index in [9.17, 15) is 5.11 Å². The number of nitrogens with zero attached hydrogens (tertiary/aromatic N) is 1. The fourth-order valence-corrected chi connectivity index (χ4v) is 2.64. The normalized spacial score (nSPS) is 18.2. The lowest BCUT2D eigenvalue weighted by atomic mass is 9.99. The SMILES string of the molecule is C=C[C@H](O)C[C@H]1Cc2c(CN(C)CC)ccc(OC)c2O1. The first-order valence-corrected chi connectivity index (χ1v) is 7.43. The van der Waals surface area contributed by atoms with Crippen LogP contribution in [0.15, 0.2) is 24.8 Å². The standard InChI is InChI=1S/C17H25NO3/c1-5-13(19)9-14-10-15-12(11-18(3)6-2)7-8-16(20-4)17(15)21-14/h5,7-8,13-14,19H,1,6,9-11H2,2-4H3/t13-,14-/m0/s1. The Labute approximate surface area is 127 Å². The highest BCUT2D eigenvalue weighted by molar-refractivity contribution is 5.53. The third-order valence-electron chi connectivity index (χ3n) is 4.01. The van der Waals surface area contributed by atoms with Crippen LogP contribution in [0.4, 0.5) is 0 Å². The van der Waals surface area contributed by atoms with Gasteiger partial charge in [-0.1, -0.05) is 19.1 Å². The minimum atomic E-state index is -0.530. The zero-order valence-corrected chi connectivity index (χ0v) is 13.1. The fraction of sp³-hybridized carbons (Fsp3) is 0.529. The van der Waals surface area contributed by atoms with Crippen molar-refractivity contribution < 1.29 is 14.6 Å². The van der Waals surface area contributed by atoms with Gasteiger partial charge in [-0.3, -0.25) is 0 Å². The first-order valence-electron chi connectivity index (χ1n) is 7.43. The summed E-state index contributed by atoms with van der Waals surface area (Å²) in [5, 5.41) is 9.74. The van der Waals surface area contributed by atoms with Crippen molar-refractivity contribution in [3.05, 3.63) is 35.9 Å². The molecule has 0 unspecified atom stereocenters. The lowest BCUT2D eigenvalue weighted by Gasteiger charge is -2.17. The molecule has 2 rings (SSSR count). The van der Waals surface area contributed by atoms with Crippen LogP contribution in [0.1, 0.15) is 24.5 Å². The number of hydrogen-bond acceptors (Lipinski definition) is 4. The summed E-state index contributed by atoms with van der Waals surface area (Å²) in [5.74, 6) is 1.60. The van der Waals surface area contributed by atoms with Crippen molar-refractivity contribution in [1.29, 1.82) is 0 Å². The van der Waals surface area contributed by atoms with Crippen molar-refractivity contribution in [2.24, 2.45) is 0 Å². The Balaban J connectivity index is 2.23. The first kappa shape index (κ1) is 15.9. The highest BCUT2D eigenvalue weighted by atomic mass is 16.5. The maximum atomic E-state index is 9.74. The van der Waals surface area contributed by atoms with Crippen LogP contribution in [0, 0.1) is 0 Å². The minimum absolute atomic E-state index is 0.0185. The van der Waals surface area contributed by atoms with Gasteiger partial charge in [-0.2, -0.15) is 0 Å². The summed E-state index contributed by atoms with van der Waals surface area (Å²) in [4.78, 5) is 2.26. The van der Waals surface area contributed by atoms with Crippen LogP contribution >= 0.6 is 0 Å². The number of fused-ring (bicyclic) bond motifs is 1. The molecule has 116 valence electrons. The van der Waals surface area contributed by atoms with Crippen molar-refractivity contribution in [1.82, 2.24) is 4.90 Å². The fourth-order valence-electron chi connectivity index (χ4n) is 2.64. The Morgan fingerprint density at radius 1 is 1.57 bits per heavy atom. The lowest BCUT2D eigenvalue weighted by Crippen LogP contribution is -2.20. The number of ether oxygens (including phenoxy) is 2. The van der Waals surface area contributed by atoms with Gasteiger partial charge in [0, 0.05) is 24.9 Å². The van der Waals surface area contributed by atoms with Gasteiger partial charge in [0.1, 0.15) is 6.10 Å². The van der Waals surface area contributed by atoms with Crippen LogP contribution in [-0.4, -0.2) is 42.9 Å². The van der Waals surface area contributed by atoms with E-state index in [1.807, 2.05) is 6.07 Å². The monoisotopic (exact) mass is 291 g/mol. The predicted octanol–water partition coefficient (Wildman–Crippen LogP) is 2.39. The number of hydrogen-bond donors (Lipinski definition) is 1. The van der Waals surface area contributed by atoms with Crippen molar-refractivity contribution in [3.63, 3.8) is 0 Å². The molecule has 0 saturated carbocycles. The van der Waals surface area contributed by atoms with Gasteiger partial charge in [0.2, 0.25) is 0 Å². The van der Waals surface area contributed by atoms with Gasteiger partial charge in [0.25, 0.3) is 0 Å². The van der Waals surface area contributed by atoms with Crippen LogP contribution in [0.25, 0.3) is 0 Å². The minimum Gasteiger partial charge on any atom is -0.493 e. The van der Waals surface area contributed by atoms with E-state index in [-0.39, 0.29) is 6.10 Å². The molecule has 0 aromatic heterocycles. The Bertz CT molecular complexity index is 501. The summed E-state index contributed by atoms with van der Waals surface area (Å²) in [6.45, 7) is 7.65. The van der Waals surface area contributed by atoms with E-state index in [4.69, 9.17) is 9.47 Å². The summed E-state index contributed by atoms with van der Waals surface area (Å²) < 4.78 is 11.4. The van der Waals surface area contributed by atoms with Crippen molar-refractivity contribution in [3.8, 4) is 11.5 Å². The van der Waals surface area contributed by atoms with Gasteiger partial charge in [0.05, 0.1) is 13.2 Å². The third kappa shape index (κ3) is 3.57. The molecule has 0 bridgehead atoms. The van der Waals surface area contributed by atoms with Crippen LogP contribution < -0.4 is 9.47 Å². The second kappa shape index (κ2) is 6.96. The molecule has 1 aromatic rings. The Morgan fingerprint density at radius 2 is 2.33 bits per heavy atom. The van der Waals surface area contributed by atoms with Crippen molar-refractivity contribution in [2.75, 3.05) is 20.7 Å². The molecule has 0 spiro atoms. The van der Waals surface area contributed by atoms with Gasteiger partial charge in [-0.05, 0) is 25.2 Å². The van der Waals surface area contributed by atoms with Crippen LogP contribution in [0.2, 0.25) is 0 Å². The van der Waals surface area contributed by atoms with Gasteiger partial charge in [-0.25, -0.2) is 0 Å². The molecule has 1 aliphatic heterocycles. The molecule has 0 aliphatic carbocycles. The van der Waals surface area contributed by atoms with Crippen LogP contribution in [0.3, 0.4) is 0 Å². The smallest absolute Gasteiger partial charge is 0.165 e. The van der Waals surface area contributed by atoms with E-state index >= 15 is 0 Å². The quantitative estimate of drug-likeness (QED) is 0.783. The first-order chi connectivity index (χ1) is 10.1. The third-order valence-corrected chi connectivity index (χ3v) is 4.01. The molecule has 0 saturated heterocycles. The van der Waals surface area contributed by atoms with Crippen LogP contribution in [0.5, 0.6) is 11.5 Å². The number of aliphatic hydroxyl groups excluding tert-OH is 1. The molecule has 0 radical (unpaired) electrons. The van der Waals surface area contributed by atoms with E-state index in [0.29, 0.717) is 6.42 Å². The molecular weight excluding hydrogens is 266 g/mol. The molecule has 1 aliphatic rings. The van der Waals surface area contributed by atoms with Gasteiger partial charge < -0.3 is 19.5 Å². The molecule has 1 aromatic carbocycles. The summed E-state index contributed by atoms with van der Waals surface area (Å²) >= 11 is 0. The second-order valence-corrected chi connectivity index (χ2v) is 5.55. The molecule has 4 nitrogen and oxygen atoms in total.